The van der Waals surface area contributed by atoms with Crippen molar-refractivity contribution in [3.05, 3.63) is 23.3 Å². The maximum absolute atomic E-state index is 13.3. The third-order valence-corrected chi connectivity index (χ3v) is 3.92. The van der Waals surface area contributed by atoms with Crippen molar-refractivity contribution in [1.82, 2.24) is 5.32 Å². The lowest BCUT2D eigenvalue weighted by Crippen LogP contribution is -2.29. The van der Waals surface area contributed by atoms with Crippen LogP contribution in [0.5, 0.6) is 11.5 Å². The monoisotopic (exact) mass is 283 g/mol. The second-order valence-corrected chi connectivity index (χ2v) is 5.32. The highest BCUT2D eigenvalue weighted by Crippen LogP contribution is 2.40. The van der Waals surface area contributed by atoms with Crippen LogP contribution in [0.4, 0.5) is 8.78 Å². The summed E-state index contributed by atoms with van der Waals surface area (Å²) < 4.78 is 37.8. The number of halogens is 2. The Kier molecular flexibility index (Phi) is 4.05. The molecular weight excluding hydrogens is 264 g/mol. The smallest absolute Gasteiger partial charge is 0.264 e. The fourth-order valence-corrected chi connectivity index (χ4v) is 2.90. The van der Waals surface area contributed by atoms with E-state index in [0.717, 1.165) is 32.4 Å². The molecule has 1 fully saturated rings. The highest BCUT2D eigenvalue weighted by Gasteiger charge is 2.25. The number of rotatable bonds is 2. The van der Waals surface area contributed by atoms with Gasteiger partial charge in [-0.05, 0) is 43.0 Å². The van der Waals surface area contributed by atoms with E-state index in [1.54, 1.807) is 6.07 Å². The van der Waals surface area contributed by atoms with E-state index in [0.29, 0.717) is 30.3 Å². The van der Waals surface area contributed by atoms with Gasteiger partial charge < -0.3 is 14.8 Å². The average Bonchev–Trinajstić information content (AvgIpc) is 2.71. The molecule has 0 bridgehead atoms. The average molecular weight is 283 g/mol. The van der Waals surface area contributed by atoms with Gasteiger partial charge in [0.25, 0.3) is 6.43 Å². The van der Waals surface area contributed by atoms with E-state index in [4.69, 9.17) is 9.47 Å². The molecule has 2 aliphatic heterocycles. The summed E-state index contributed by atoms with van der Waals surface area (Å²) in [6, 6.07) is 3.23. The van der Waals surface area contributed by atoms with Crippen LogP contribution in [0.25, 0.3) is 0 Å². The topological polar surface area (TPSA) is 30.5 Å². The first-order valence-corrected chi connectivity index (χ1v) is 7.18. The van der Waals surface area contributed by atoms with Crippen molar-refractivity contribution in [3.63, 3.8) is 0 Å². The predicted octanol–water partition coefficient (Wildman–Crippen LogP) is 3.25. The zero-order valence-corrected chi connectivity index (χ0v) is 11.3. The zero-order chi connectivity index (χ0) is 13.9. The van der Waals surface area contributed by atoms with Crippen LogP contribution >= 0.6 is 0 Å². The van der Waals surface area contributed by atoms with Gasteiger partial charge in [-0.3, -0.25) is 0 Å². The maximum atomic E-state index is 13.3. The summed E-state index contributed by atoms with van der Waals surface area (Å²) in [5.41, 5.74) is 0.791. The molecule has 1 atom stereocenters. The first kappa shape index (κ1) is 13.6. The Balaban J connectivity index is 1.99. The van der Waals surface area contributed by atoms with Crippen LogP contribution in [0.15, 0.2) is 12.1 Å². The Labute approximate surface area is 117 Å². The standard InChI is InChI=1S/C15H19F2NO2/c16-15(17)12-8-14-13(19-5-2-6-20-14)7-11(12)10-3-1-4-18-9-10/h7-8,10,15,18H,1-6,9H2. The molecule has 1 aromatic rings. The first-order valence-electron chi connectivity index (χ1n) is 7.18. The van der Waals surface area contributed by atoms with Crippen LogP contribution in [-0.2, 0) is 0 Å². The number of fused-ring (bicyclic) bond motifs is 1. The number of hydrogen-bond donors (Lipinski definition) is 1. The molecule has 110 valence electrons. The molecule has 0 radical (unpaired) electrons. The van der Waals surface area contributed by atoms with Crippen molar-refractivity contribution in [3.8, 4) is 11.5 Å². The van der Waals surface area contributed by atoms with Gasteiger partial charge in [0.05, 0.1) is 13.2 Å². The van der Waals surface area contributed by atoms with Crippen LogP contribution in [0, 0.1) is 0 Å². The third kappa shape index (κ3) is 2.73. The van der Waals surface area contributed by atoms with Crippen LogP contribution < -0.4 is 14.8 Å². The van der Waals surface area contributed by atoms with Crippen molar-refractivity contribution in [2.24, 2.45) is 0 Å². The lowest BCUT2D eigenvalue weighted by Gasteiger charge is -2.26. The molecule has 2 heterocycles. The first-order chi connectivity index (χ1) is 9.75. The van der Waals surface area contributed by atoms with E-state index in [1.807, 2.05) is 0 Å². The van der Waals surface area contributed by atoms with Crippen molar-refractivity contribution < 1.29 is 18.3 Å². The second kappa shape index (κ2) is 5.95. The molecule has 3 nitrogen and oxygen atoms in total. The quantitative estimate of drug-likeness (QED) is 0.903. The summed E-state index contributed by atoms with van der Waals surface area (Å²) in [6.45, 7) is 2.80. The zero-order valence-electron chi connectivity index (χ0n) is 11.3. The van der Waals surface area contributed by atoms with Crippen molar-refractivity contribution in [2.75, 3.05) is 26.3 Å². The van der Waals surface area contributed by atoms with Gasteiger partial charge in [-0.2, -0.15) is 0 Å². The fraction of sp³-hybridized carbons (Fsp3) is 0.600. The third-order valence-electron chi connectivity index (χ3n) is 3.92. The van der Waals surface area contributed by atoms with E-state index in [1.165, 1.54) is 6.07 Å². The van der Waals surface area contributed by atoms with E-state index in [2.05, 4.69) is 5.32 Å². The van der Waals surface area contributed by atoms with E-state index < -0.39 is 6.43 Å². The van der Waals surface area contributed by atoms with Crippen LogP contribution in [0.1, 0.15) is 42.7 Å². The molecule has 3 rings (SSSR count). The van der Waals surface area contributed by atoms with Crippen molar-refractivity contribution >= 4 is 0 Å². The summed E-state index contributed by atoms with van der Waals surface area (Å²) in [5, 5.41) is 3.27. The summed E-state index contributed by atoms with van der Waals surface area (Å²) in [7, 11) is 0. The molecule has 2 aliphatic rings. The minimum Gasteiger partial charge on any atom is -0.490 e. The molecule has 1 saturated heterocycles. The normalized spacial score (nSPS) is 22.6. The Morgan fingerprint density at radius 2 is 1.85 bits per heavy atom. The van der Waals surface area contributed by atoms with Crippen LogP contribution in [0.3, 0.4) is 0 Å². The minimum atomic E-state index is -2.48. The van der Waals surface area contributed by atoms with Gasteiger partial charge in [-0.1, -0.05) is 0 Å². The molecule has 1 N–H and O–H groups in total. The van der Waals surface area contributed by atoms with Gasteiger partial charge in [0.15, 0.2) is 11.5 Å². The molecule has 1 unspecified atom stereocenters. The Bertz CT molecular complexity index is 473. The van der Waals surface area contributed by atoms with E-state index >= 15 is 0 Å². The summed E-state index contributed by atoms with van der Waals surface area (Å²) in [6.07, 6.45) is 0.247. The molecule has 0 spiro atoms. The van der Waals surface area contributed by atoms with Gasteiger partial charge >= 0.3 is 0 Å². The summed E-state index contributed by atoms with van der Waals surface area (Å²) in [5.74, 6) is 1.18. The van der Waals surface area contributed by atoms with E-state index in [9.17, 15) is 8.78 Å². The van der Waals surface area contributed by atoms with Crippen LogP contribution in [-0.4, -0.2) is 26.3 Å². The molecule has 0 amide bonds. The fourth-order valence-electron chi connectivity index (χ4n) is 2.90. The van der Waals surface area contributed by atoms with Gasteiger partial charge in [-0.25, -0.2) is 8.78 Å². The number of piperidine rings is 1. The Morgan fingerprint density at radius 1 is 1.10 bits per heavy atom. The molecule has 1 aromatic carbocycles. The number of nitrogens with one attached hydrogen (secondary N) is 1. The molecule has 0 saturated carbocycles. The Hall–Kier alpha value is -1.36. The number of alkyl halides is 2. The second-order valence-electron chi connectivity index (χ2n) is 5.32. The van der Waals surface area contributed by atoms with Crippen LogP contribution in [0.2, 0.25) is 0 Å². The molecule has 0 aromatic heterocycles. The highest BCUT2D eigenvalue weighted by molar-refractivity contribution is 5.49. The van der Waals surface area contributed by atoms with Gasteiger partial charge in [-0.15, -0.1) is 0 Å². The number of hydrogen-bond acceptors (Lipinski definition) is 3. The van der Waals surface area contributed by atoms with Gasteiger partial charge in [0.1, 0.15) is 0 Å². The molecule has 20 heavy (non-hydrogen) atoms. The van der Waals surface area contributed by atoms with Gasteiger partial charge in [0, 0.05) is 18.5 Å². The predicted molar refractivity (Wildman–Crippen MR) is 71.9 cm³/mol. The number of benzene rings is 1. The minimum absolute atomic E-state index is 0.0861. The SMILES string of the molecule is FC(F)c1cc2c(cc1C1CCCNC1)OCCCO2. The van der Waals surface area contributed by atoms with E-state index in [-0.39, 0.29) is 11.5 Å². The lowest BCUT2D eigenvalue weighted by atomic mass is 9.88. The Morgan fingerprint density at radius 3 is 2.50 bits per heavy atom. The largest absolute Gasteiger partial charge is 0.490 e. The summed E-state index contributed by atoms with van der Waals surface area (Å²) >= 11 is 0. The molecular formula is C15H19F2NO2. The number of ether oxygens (including phenoxy) is 2. The summed E-state index contributed by atoms with van der Waals surface area (Å²) in [4.78, 5) is 0. The maximum Gasteiger partial charge on any atom is 0.264 e. The van der Waals surface area contributed by atoms with Crippen molar-refractivity contribution in [1.29, 1.82) is 0 Å². The molecule has 0 aliphatic carbocycles. The van der Waals surface area contributed by atoms with Gasteiger partial charge in [0.2, 0.25) is 0 Å². The lowest BCUT2D eigenvalue weighted by molar-refractivity contribution is 0.148. The molecule has 5 heteroatoms. The van der Waals surface area contributed by atoms with Crippen molar-refractivity contribution in [2.45, 2.75) is 31.6 Å². The highest BCUT2D eigenvalue weighted by atomic mass is 19.3.